The van der Waals surface area contributed by atoms with E-state index in [0.29, 0.717) is 27.9 Å². The fourth-order valence-electron chi connectivity index (χ4n) is 9.04. The van der Waals surface area contributed by atoms with Gasteiger partial charge in [0.1, 0.15) is 5.78 Å². The van der Waals surface area contributed by atoms with Gasteiger partial charge in [0, 0.05) is 5.92 Å². The first-order chi connectivity index (χ1) is 11.8. The minimum atomic E-state index is -0.420. The molecule has 5 saturated carbocycles. The second kappa shape index (κ2) is 5.13. The molecule has 3 heteroatoms. The van der Waals surface area contributed by atoms with E-state index in [9.17, 15) is 9.90 Å². The highest BCUT2D eigenvalue weighted by molar-refractivity contribution is 9.09. The van der Waals surface area contributed by atoms with Gasteiger partial charge in [0.25, 0.3) is 0 Å². The van der Waals surface area contributed by atoms with Crippen LogP contribution < -0.4 is 0 Å². The molecule has 5 fully saturated rings. The number of hydrogen-bond donors (Lipinski definition) is 1. The van der Waals surface area contributed by atoms with Gasteiger partial charge in [-0.15, -0.1) is 0 Å². The van der Waals surface area contributed by atoms with Crippen LogP contribution in [0.15, 0.2) is 0 Å². The maximum absolute atomic E-state index is 12.5. The fraction of sp³-hybridized carbons (Fsp3) is 0.955. The zero-order valence-corrected chi connectivity index (χ0v) is 17.4. The third kappa shape index (κ3) is 2.09. The minimum Gasteiger partial charge on any atom is -0.390 e. The number of fused-ring (bicyclic) bond motifs is 3. The van der Waals surface area contributed by atoms with Crippen molar-refractivity contribution in [2.75, 3.05) is 5.33 Å². The van der Waals surface area contributed by atoms with Crippen LogP contribution in [0, 0.1) is 39.9 Å². The van der Waals surface area contributed by atoms with Crippen molar-refractivity contribution in [2.45, 2.75) is 83.7 Å². The Morgan fingerprint density at radius 2 is 1.80 bits per heavy atom. The second-order valence-corrected chi connectivity index (χ2v) is 11.5. The third-order valence-electron chi connectivity index (χ3n) is 10.0. The number of aliphatic hydroxyl groups is 1. The third-order valence-corrected chi connectivity index (χ3v) is 10.6. The molecule has 0 aromatic rings. The van der Waals surface area contributed by atoms with Crippen molar-refractivity contribution in [1.29, 1.82) is 0 Å². The molecule has 0 unspecified atom stereocenters. The van der Waals surface area contributed by atoms with Gasteiger partial charge in [0.2, 0.25) is 0 Å². The number of carbonyl (C=O) groups excluding carboxylic acids is 1. The summed E-state index contributed by atoms with van der Waals surface area (Å²) in [6.45, 7) is 4.52. The van der Waals surface area contributed by atoms with E-state index in [-0.39, 0.29) is 5.41 Å². The smallest absolute Gasteiger partial charge is 0.147 e. The van der Waals surface area contributed by atoms with Gasteiger partial charge < -0.3 is 5.11 Å². The molecule has 0 amide bonds. The average Bonchev–Trinajstić information content (AvgIpc) is 3.11. The quantitative estimate of drug-likeness (QED) is 0.644. The number of alkyl halides is 1. The van der Waals surface area contributed by atoms with Crippen molar-refractivity contribution in [3.8, 4) is 0 Å². The lowest BCUT2D eigenvalue weighted by Crippen LogP contribution is -2.51. The number of Topliss-reactive ketones (excluding diaryl/α,β-unsaturated/α-hetero) is 1. The van der Waals surface area contributed by atoms with Crippen LogP contribution in [-0.4, -0.2) is 21.8 Å². The van der Waals surface area contributed by atoms with Gasteiger partial charge >= 0.3 is 0 Å². The van der Waals surface area contributed by atoms with Crippen molar-refractivity contribution in [2.24, 2.45) is 39.9 Å². The highest BCUT2D eigenvalue weighted by Crippen LogP contribution is 2.83. The lowest BCUT2D eigenvalue weighted by atomic mass is 9.49. The van der Waals surface area contributed by atoms with Gasteiger partial charge in [-0.25, -0.2) is 0 Å². The Kier molecular flexibility index (Phi) is 3.53. The van der Waals surface area contributed by atoms with Crippen LogP contribution in [-0.2, 0) is 4.79 Å². The van der Waals surface area contributed by atoms with Crippen LogP contribution in [0.1, 0.15) is 78.1 Å². The van der Waals surface area contributed by atoms with E-state index >= 15 is 0 Å². The lowest BCUT2D eigenvalue weighted by Gasteiger charge is -2.56. The van der Waals surface area contributed by atoms with Gasteiger partial charge in [-0.2, -0.15) is 0 Å². The predicted molar refractivity (Wildman–Crippen MR) is 103 cm³/mol. The van der Waals surface area contributed by atoms with E-state index in [4.69, 9.17) is 0 Å². The summed E-state index contributed by atoms with van der Waals surface area (Å²) in [5, 5.41) is 11.2. The summed E-state index contributed by atoms with van der Waals surface area (Å²) in [6, 6.07) is 0. The second-order valence-electron chi connectivity index (χ2n) is 11.0. The summed E-state index contributed by atoms with van der Waals surface area (Å²) in [6.07, 6.45) is 12.4. The largest absolute Gasteiger partial charge is 0.390 e. The van der Waals surface area contributed by atoms with Crippen molar-refractivity contribution < 1.29 is 9.90 Å². The van der Waals surface area contributed by atoms with Crippen molar-refractivity contribution >= 4 is 21.7 Å². The maximum atomic E-state index is 12.5. The zero-order chi connectivity index (χ0) is 17.7. The van der Waals surface area contributed by atoms with Crippen molar-refractivity contribution in [3.63, 3.8) is 0 Å². The summed E-state index contributed by atoms with van der Waals surface area (Å²) >= 11 is 3.43. The maximum Gasteiger partial charge on any atom is 0.147 e. The van der Waals surface area contributed by atoms with Crippen LogP contribution in [0.2, 0.25) is 0 Å². The van der Waals surface area contributed by atoms with E-state index in [1.165, 1.54) is 44.9 Å². The standard InChI is InChI=1S/C22H33BrO2/c1-19(25)9-10-22-13-21(22,12-19)8-5-14-15-3-4-17(18(24)11-23)20(15,2)7-6-16(14)22/h14-17,25H,3-13H2,1-2H3/t14-,15-,16-,17+,19+,20-,21+,22-/m0/s1. The van der Waals surface area contributed by atoms with E-state index in [2.05, 4.69) is 29.8 Å². The van der Waals surface area contributed by atoms with Crippen molar-refractivity contribution in [3.05, 3.63) is 0 Å². The molecule has 8 atom stereocenters. The molecule has 5 aliphatic rings. The predicted octanol–water partition coefficient (Wildman–Crippen LogP) is 5.11. The van der Waals surface area contributed by atoms with Crippen LogP contribution in [0.4, 0.5) is 0 Å². The molecule has 2 nitrogen and oxygen atoms in total. The summed E-state index contributed by atoms with van der Waals surface area (Å²) in [5.41, 5.74) is 0.888. The molecule has 0 saturated heterocycles. The number of rotatable bonds is 2. The van der Waals surface area contributed by atoms with E-state index in [1.54, 1.807) is 0 Å². The summed E-state index contributed by atoms with van der Waals surface area (Å²) in [4.78, 5) is 12.5. The molecule has 0 heterocycles. The normalized spacial score (nSPS) is 59.4. The number of ketones is 1. The summed E-state index contributed by atoms with van der Waals surface area (Å²) < 4.78 is 0. The Morgan fingerprint density at radius 3 is 2.56 bits per heavy atom. The zero-order valence-electron chi connectivity index (χ0n) is 15.8. The van der Waals surface area contributed by atoms with Crippen molar-refractivity contribution in [1.82, 2.24) is 0 Å². The summed E-state index contributed by atoms with van der Waals surface area (Å²) in [7, 11) is 0. The van der Waals surface area contributed by atoms with Gasteiger partial charge in [-0.3, -0.25) is 4.79 Å². The molecule has 5 aliphatic carbocycles. The Labute approximate surface area is 160 Å². The molecule has 0 radical (unpaired) electrons. The first kappa shape index (κ1) is 17.2. The van der Waals surface area contributed by atoms with Crippen LogP contribution in [0.25, 0.3) is 0 Å². The highest BCUT2D eigenvalue weighted by atomic mass is 79.9. The van der Waals surface area contributed by atoms with Gasteiger partial charge in [-0.1, -0.05) is 22.9 Å². The SMILES string of the molecule is C[C@@]1(O)CC[C@@]23C[C@@]2(CC[C@H]2[C@@H]4CC[C@H](C(=O)CBr)[C@@]4(C)CC[C@@H]23)C1. The van der Waals surface area contributed by atoms with Gasteiger partial charge in [0.05, 0.1) is 10.9 Å². The summed E-state index contributed by atoms with van der Waals surface area (Å²) in [5.74, 6) is 3.26. The Morgan fingerprint density at radius 1 is 1.00 bits per heavy atom. The monoisotopic (exact) mass is 408 g/mol. The molecular weight excluding hydrogens is 376 g/mol. The highest BCUT2D eigenvalue weighted by Gasteiger charge is 2.76. The molecule has 0 aromatic heterocycles. The molecule has 0 aliphatic heterocycles. The van der Waals surface area contributed by atoms with Gasteiger partial charge in [0.15, 0.2) is 0 Å². The molecule has 0 spiro atoms. The number of hydrogen-bond acceptors (Lipinski definition) is 2. The van der Waals surface area contributed by atoms with Crippen LogP contribution >= 0.6 is 15.9 Å². The van der Waals surface area contributed by atoms with Gasteiger partial charge in [-0.05, 0) is 105 Å². The molecule has 0 bridgehead atoms. The molecule has 1 N–H and O–H groups in total. The van der Waals surface area contributed by atoms with Crippen LogP contribution in [0.5, 0.6) is 0 Å². The Balaban J connectivity index is 1.43. The minimum absolute atomic E-state index is 0.262. The van der Waals surface area contributed by atoms with E-state index < -0.39 is 5.60 Å². The fourth-order valence-corrected chi connectivity index (χ4v) is 9.43. The molecule has 140 valence electrons. The Hall–Kier alpha value is 0.110. The van der Waals surface area contributed by atoms with Crippen LogP contribution in [0.3, 0.4) is 0 Å². The number of halogens is 1. The van der Waals surface area contributed by atoms with E-state index in [0.717, 1.165) is 37.0 Å². The number of carbonyl (C=O) groups is 1. The molecule has 25 heavy (non-hydrogen) atoms. The first-order valence-corrected chi connectivity index (χ1v) is 11.7. The molecule has 5 rings (SSSR count). The molecule has 0 aromatic carbocycles. The Bertz CT molecular complexity index is 615. The average molecular weight is 409 g/mol. The first-order valence-electron chi connectivity index (χ1n) is 10.6. The molecular formula is C22H33BrO2. The topological polar surface area (TPSA) is 37.3 Å². The van der Waals surface area contributed by atoms with E-state index in [1.807, 2.05) is 0 Å². The lowest BCUT2D eigenvalue weighted by molar-refractivity contribution is -0.130.